The third kappa shape index (κ3) is 4.88. The summed E-state index contributed by atoms with van der Waals surface area (Å²) in [5.74, 6) is -0.0649. The van der Waals surface area contributed by atoms with Crippen LogP contribution in [0.15, 0.2) is 5.38 Å². The van der Waals surface area contributed by atoms with Gasteiger partial charge in [0.1, 0.15) is 0 Å². The van der Waals surface area contributed by atoms with Gasteiger partial charge < -0.3 is 5.32 Å². The number of nitrogens with two attached hydrogens (primary N) is 1. The Morgan fingerprint density at radius 1 is 1.62 bits per heavy atom. The molecule has 0 saturated heterocycles. The van der Waals surface area contributed by atoms with Crippen LogP contribution in [0.1, 0.15) is 5.69 Å². The highest BCUT2D eigenvalue weighted by Crippen LogP contribution is 1.94. The maximum absolute atomic E-state index is 10.5. The first-order chi connectivity index (χ1) is 6.08. The van der Waals surface area contributed by atoms with Gasteiger partial charge in [-0.1, -0.05) is 4.49 Å². The maximum Gasteiger partial charge on any atom is 0.210 e. The zero-order chi connectivity index (χ0) is 9.73. The smallest absolute Gasteiger partial charge is 0.210 e. The molecule has 0 aliphatic carbocycles. The summed E-state index contributed by atoms with van der Waals surface area (Å²) in [6.07, 6.45) is 0. The lowest BCUT2D eigenvalue weighted by Gasteiger charge is -1.99. The van der Waals surface area contributed by atoms with Crippen LogP contribution in [0.3, 0.4) is 0 Å². The summed E-state index contributed by atoms with van der Waals surface area (Å²) in [7, 11) is -3.36. The summed E-state index contributed by atoms with van der Waals surface area (Å²) in [4.78, 5) is 0. The first kappa shape index (κ1) is 10.5. The molecule has 0 unspecified atom stereocenters. The van der Waals surface area contributed by atoms with Crippen molar-refractivity contribution in [3.8, 4) is 0 Å². The molecule has 0 aliphatic rings. The largest absolute Gasteiger partial charge is 0.310 e. The summed E-state index contributed by atoms with van der Waals surface area (Å²) in [6, 6.07) is 0. The second-order valence-electron chi connectivity index (χ2n) is 2.44. The summed E-state index contributed by atoms with van der Waals surface area (Å²) in [5, 5.41) is 13.3. The fourth-order valence-corrected chi connectivity index (χ4v) is 1.57. The van der Waals surface area contributed by atoms with E-state index in [0.29, 0.717) is 13.1 Å². The predicted octanol–water partition coefficient (Wildman–Crippen LogP) is -1.08. The standard InChI is InChI=1S/C5H10N4O2S2/c6-13(10,11)2-1-7-3-5-4-12-9-8-5/h4,7H,1-3H2,(H2,6,10,11). The van der Waals surface area contributed by atoms with E-state index in [1.807, 2.05) is 0 Å². The highest BCUT2D eigenvalue weighted by Gasteiger charge is 2.01. The quantitative estimate of drug-likeness (QED) is 0.617. The third-order valence-electron chi connectivity index (χ3n) is 1.27. The van der Waals surface area contributed by atoms with E-state index in [4.69, 9.17) is 5.14 Å². The van der Waals surface area contributed by atoms with Crippen molar-refractivity contribution in [2.24, 2.45) is 5.14 Å². The average molecular weight is 222 g/mol. The van der Waals surface area contributed by atoms with Crippen molar-refractivity contribution >= 4 is 21.6 Å². The van der Waals surface area contributed by atoms with Crippen molar-refractivity contribution in [3.63, 3.8) is 0 Å². The summed E-state index contributed by atoms with van der Waals surface area (Å²) in [6.45, 7) is 0.850. The second kappa shape index (κ2) is 4.61. The van der Waals surface area contributed by atoms with Crippen LogP contribution >= 0.6 is 11.5 Å². The van der Waals surface area contributed by atoms with Gasteiger partial charge in [0.25, 0.3) is 0 Å². The number of rotatable bonds is 5. The van der Waals surface area contributed by atoms with Crippen LogP contribution in [0.4, 0.5) is 0 Å². The minimum Gasteiger partial charge on any atom is -0.310 e. The van der Waals surface area contributed by atoms with Crippen LogP contribution in [-0.4, -0.2) is 30.3 Å². The number of hydrogen-bond acceptors (Lipinski definition) is 6. The van der Waals surface area contributed by atoms with Crippen LogP contribution in [0.5, 0.6) is 0 Å². The van der Waals surface area contributed by atoms with Crippen molar-refractivity contribution in [3.05, 3.63) is 11.1 Å². The molecule has 74 valence electrons. The van der Waals surface area contributed by atoms with E-state index >= 15 is 0 Å². The molecule has 0 fully saturated rings. The Kier molecular flexibility index (Phi) is 3.72. The number of nitrogens with one attached hydrogen (secondary N) is 1. The highest BCUT2D eigenvalue weighted by atomic mass is 32.2. The maximum atomic E-state index is 10.5. The SMILES string of the molecule is NS(=O)(=O)CCNCc1csnn1. The van der Waals surface area contributed by atoms with Gasteiger partial charge in [0.05, 0.1) is 11.4 Å². The summed E-state index contributed by atoms with van der Waals surface area (Å²) < 4.78 is 24.7. The molecule has 1 heterocycles. The van der Waals surface area contributed by atoms with Gasteiger partial charge in [-0.3, -0.25) is 0 Å². The molecule has 1 aromatic heterocycles. The van der Waals surface area contributed by atoms with Crippen molar-refractivity contribution in [1.29, 1.82) is 0 Å². The molecule has 0 bridgehead atoms. The molecular weight excluding hydrogens is 212 g/mol. The van der Waals surface area contributed by atoms with E-state index < -0.39 is 10.0 Å². The molecule has 0 amide bonds. The molecule has 6 nitrogen and oxygen atoms in total. The lowest BCUT2D eigenvalue weighted by Crippen LogP contribution is -2.26. The zero-order valence-electron chi connectivity index (χ0n) is 6.80. The molecule has 0 radical (unpaired) electrons. The highest BCUT2D eigenvalue weighted by molar-refractivity contribution is 7.89. The van der Waals surface area contributed by atoms with Gasteiger partial charge in [0, 0.05) is 18.5 Å². The first-order valence-electron chi connectivity index (χ1n) is 3.55. The molecule has 0 aromatic carbocycles. The summed E-state index contributed by atoms with van der Waals surface area (Å²) in [5.41, 5.74) is 0.805. The van der Waals surface area contributed by atoms with E-state index in [1.54, 1.807) is 5.38 Å². The van der Waals surface area contributed by atoms with Crippen LogP contribution in [0, 0.1) is 0 Å². The molecule has 13 heavy (non-hydrogen) atoms. The van der Waals surface area contributed by atoms with Crippen molar-refractivity contribution in [2.75, 3.05) is 12.3 Å². The van der Waals surface area contributed by atoms with Crippen LogP contribution in [-0.2, 0) is 16.6 Å². The van der Waals surface area contributed by atoms with Crippen LogP contribution in [0.2, 0.25) is 0 Å². The Labute approximate surface area is 80.4 Å². The van der Waals surface area contributed by atoms with Gasteiger partial charge in [-0.05, 0) is 11.5 Å². The number of aromatic nitrogens is 2. The third-order valence-corrected chi connectivity index (χ3v) is 2.60. The number of sulfonamides is 1. The average Bonchev–Trinajstić information content (AvgIpc) is 2.48. The molecule has 0 atom stereocenters. The van der Waals surface area contributed by atoms with Crippen molar-refractivity contribution < 1.29 is 8.42 Å². The molecule has 8 heteroatoms. The molecule has 0 spiro atoms. The number of nitrogens with zero attached hydrogens (tertiary/aromatic N) is 2. The second-order valence-corrected chi connectivity index (χ2v) is 4.78. The lowest BCUT2D eigenvalue weighted by atomic mass is 10.5. The first-order valence-corrected chi connectivity index (χ1v) is 6.10. The minimum absolute atomic E-state index is 0.0649. The zero-order valence-corrected chi connectivity index (χ0v) is 8.44. The summed E-state index contributed by atoms with van der Waals surface area (Å²) >= 11 is 1.26. The van der Waals surface area contributed by atoms with Gasteiger partial charge in [0.15, 0.2) is 0 Å². The van der Waals surface area contributed by atoms with Crippen molar-refractivity contribution in [2.45, 2.75) is 6.54 Å². The normalized spacial score (nSPS) is 11.8. The molecular formula is C5H10N4O2S2. The molecule has 1 rings (SSSR count). The molecule has 0 saturated carbocycles. The minimum atomic E-state index is -3.36. The van der Waals surface area contributed by atoms with Gasteiger partial charge in [-0.2, -0.15) is 0 Å². The Hall–Kier alpha value is -0.570. The fraction of sp³-hybridized carbons (Fsp3) is 0.600. The molecule has 1 aromatic rings. The molecule has 3 N–H and O–H groups in total. The van der Waals surface area contributed by atoms with Gasteiger partial charge in [-0.15, -0.1) is 5.10 Å². The van der Waals surface area contributed by atoms with Crippen molar-refractivity contribution in [1.82, 2.24) is 14.9 Å². The Morgan fingerprint density at radius 3 is 2.92 bits per heavy atom. The van der Waals surface area contributed by atoms with E-state index in [1.165, 1.54) is 11.5 Å². The van der Waals surface area contributed by atoms with Crippen LogP contribution < -0.4 is 10.5 Å². The Balaban J connectivity index is 2.16. The molecule has 0 aliphatic heterocycles. The number of hydrogen-bond donors (Lipinski definition) is 2. The lowest BCUT2D eigenvalue weighted by molar-refractivity contribution is 0.591. The Morgan fingerprint density at radius 2 is 2.38 bits per heavy atom. The van der Waals surface area contributed by atoms with E-state index in [9.17, 15) is 8.42 Å². The van der Waals surface area contributed by atoms with Crippen LogP contribution in [0.25, 0.3) is 0 Å². The van der Waals surface area contributed by atoms with E-state index in [0.717, 1.165) is 5.69 Å². The fourth-order valence-electron chi connectivity index (χ4n) is 0.692. The predicted molar refractivity (Wildman–Crippen MR) is 49.6 cm³/mol. The monoisotopic (exact) mass is 222 g/mol. The van der Waals surface area contributed by atoms with Gasteiger partial charge in [-0.25, -0.2) is 13.6 Å². The van der Waals surface area contributed by atoms with Gasteiger partial charge in [0.2, 0.25) is 10.0 Å². The Bertz CT molecular complexity index is 333. The van der Waals surface area contributed by atoms with E-state index in [2.05, 4.69) is 14.9 Å². The van der Waals surface area contributed by atoms with Gasteiger partial charge >= 0.3 is 0 Å². The van der Waals surface area contributed by atoms with E-state index in [-0.39, 0.29) is 5.75 Å². The topological polar surface area (TPSA) is 98.0 Å². The number of primary sulfonamides is 1.